The fourth-order valence-corrected chi connectivity index (χ4v) is 3.54. The summed E-state index contributed by atoms with van der Waals surface area (Å²) in [5, 5.41) is 12.6. The number of nitrogens with one attached hydrogen (secondary N) is 1. The third-order valence-electron chi connectivity index (χ3n) is 5.17. The van der Waals surface area contributed by atoms with Crippen LogP contribution in [-0.2, 0) is 16.0 Å². The monoisotopic (exact) mass is 363 g/mol. The normalized spacial score (nSPS) is 17.7. The first-order valence-corrected chi connectivity index (χ1v) is 9.18. The van der Waals surface area contributed by atoms with Crippen molar-refractivity contribution in [3.8, 4) is 11.5 Å². The molecule has 1 saturated carbocycles. The molecule has 1 aromatic rings. The Morgan fingerprint density at radius 2 is 1.73 bits per heavy atom. The van der Waals surface area contributed by atoms with E-state index < -0.39 is 11.5 Å². The number of methoxy groups -OCH3 is 2. The average Bonchev–Trinajstić information content (AvgIpc) is 2.88. The van der Waals surface area contributed by atoms with Crippen LogP contribution in [-0.4, -0.2) is 36.7 Å². The summed E-state index contributed by atoms with van der Waals surface area (Å²) in [6.45, 7) is 1.82. The highest BCUT2D eigenvalue weighted by atomic mass is 16.5. The maximum Gasteiger partial charge on any atom is 0.329 e. The van der Waals surface area contributed by atoms with E-state index in [0.717, 1.165) is 31.2 Å². The van der Waals surface area contributed by atoms with E-state index in [2.05, 4.69) is 5.32 Å². The molecule has 0 heterocycles. The minimum atomic E-state index is -1.13. The SMILES string of the molecule is COc1ccc(CC(C)C(=O)NC2(C(=O)O)CCCCCC2)cc1OC. The van der Waals surface area contributed by atoms with Crippen LogP contribution in [0.25, 0.3) is 0 Å². The van der Waals surface area contributed by atoms with Gasteiger partial charge in [0.25, 0.3) is 0 Å². The molecule has 6 nitrogen and oxygen atoms in total. The van der Waals surface area contributed by atoms with Gasteiger partial charge < -0.3 is 19.9 Å². The number of carbonyl (C=O) groups is 2. The summed E-state index contributed by atoms with van der Waals surface area (Å²) < 4.78 is 10.5. The molecule has 0 aromatic heterocycles. The van der Waals surface area contributed by atoms with Gasteiger partial charge in [-0.3, -0.25) is 4.79 Å². The topological polar surface area (TPSA) is 84.9 Å². The molecule has 6 heteroatoms. The summed E-state index contributed by atoms with van der Waals surface area (Å²) in [4.78, 5) is 24.5. The van der Waals surface area contributed by atoms with Crippen molar-refractivity contribution in [2.24, 2.45) is 5.92 Å². The van der Waals surface area contributed by atoms with E-state index in [4.69, 9.17) is 9.47 Å². The lowest BCUT2D eigenvalue weighted by molar-refractivity contribution is -0.149. The Morgan fingerprint density at radius 3 is 2.27 bits per heavy atom. The number of hydrogen-bond donors (Lipinski definition) is 2. The molecule has 2 N–H and O–H groups in total. The Labute approximate surface area is 154 Å². The number of amides is 1. The Hall–Kier alpha value is -2.24. The molecule has 2 rings (SSSR count). The van der Waals surface area contributed by atoms with Crippen molar-refractivity contribution in [3.05, 3.63) is 23.8 Å². The molecule has 1 unspecified atom stereocenters. The number of benzene rings is 1. The Bertz CT molecular complexity index is 635. The molecule has 1 aliphatic carbocycles. The van der Waals surface area contributed by atoms with E-state index in [-0.39, 0.29) is 11.8 Å². The van der Waals surface area contributed by atoms with Gasteiger partial charge in [0.1, 0.15) is 5.54 Å². The number of carboxylic acids is 1. The van der Waals surface area contributed by atoms with E-state index >= 15 is 0 Å². The molecule has 1 atom stereocenters. The van der Waals surface area contributed by atoms with Crippen LogP contribution in [0.5, 0.6) is 11.5 Å². The highest BCUT2D eigenvalue weighted by Crippen LogP contribution is 2.30. The second-order valence-corrected chi connectivity index (χ2v) is 7.09. The van der Waals surface area contributed by atoms with E-state index in [1.165, 1.54) is 0 Å². The van der Waals surface area contributed by atoms with Crippen LogP contribution in [0.3, 0.4) is 0 Å². The third-order valence-corrected chi connectivity index (χ3v) is 5.17. The van der Waals surface area contributed by atoms with Crippen molar-refractivity contribution in [1.29, 1.82) is 0 Å². The van der Waals surface area contributed by atoms with Crippen molar-refractivity contribution >= 4 is 11.9 Å². The van der Waals surface area contributed by atoms with Gasteiger partial charge in [0.15, 0.2) is 11.5 Å². The standard InChI is InChI=1S/C20H29NO5/c1-14(12-15-8-9-16(25-2)17(13-15)26-3)18(22)21-20(19(23)24)10-6-4-5-7-11-20/h8-9,13-14H,4-7,10-12H2,1-3H3,(H,21,22)(H,23,24). The van der Waals surface area contributed by atoms with Gasteiger partial charge in [0, 0.05) is 5.92 Å². The highest BCUT2D eigenvalue weighted by molar-refractivity contribution is 5.88. The van der Waals surface area contributed by atoms with Gasteiger partial charge in [-0.15, -0.1) is 0 Å². The molecule has 0 spiro atoms. The minimum Gasteiger partial charge on any atom is -0.493 e. The van der Waals surface area contributed by atoms with E-state index in [1.54, 1.807) is 14.2 Å². The predicted molar refractivity (Wildman–Crippen MR) is 98.6 cm³/mol. The quantitative estimate of drug-likeness (QED) is 0.727. The fraction of sp³-hybridized carbons (Fsp3) is 0.600. The molecule has 0 saturated heterocycles. The summed E-state index contributed by atoms with van der Waals surface area (Å²) in [6, 6.07) is 5.55. The second kappa shape index (κ2) is 8.92. The lowest BCUT2D eigenvalue weighted by Gasteiger charge is -2.30. The average molecular weight is 363 g/mol. The molecule has 26 heavy (non-hydrogen) atoms. The van der Waals surface area contributed by atoms with Gasteiger partial charge in [-0.2, -0.15) is 0 Å². The zero-order valence-electron chi connectivity index (χ0n) is 15.8. The van der Waals surface area contributed by atoms with Crippen molar-refractivity contribution in [3.63, 3.8) is 0 Å². The Balaban J connectivity index is 2.07. The zero-order chi connectivity index (χ0) is 19.2. The number of rotatable bonds is 7. The number of aliphatic carboxylic acids is 1. The van der Waals surface area contributed by atoms with Crippen LogP contribution >= 0.6 is 0 Å². The van der Waals surface area contributed by atoms with E-state index in [1.807, 2.05) is 25.1 Å². The molecule has 0 radical (unpaired) electrons. The highest BCUT2D eigenvalue weighted by Gasteiger charge is 2.40. The Morgan fingerprint density at radius 1 is 1.12 bits per heavy atom. The van der Waals surface area contributed by atoms with Gasteiger partial charge in [0.2, 0.25) is 5.91 Å². The van der Waals surface area contributed by atoms with Crippen molar-refractivity contribution in [1.82, 2.24) is 5.32 Å². The van der Waals surface area contributed by atoms with Crippen LogP contribution in [0, 0.1) is 5.92 Å². The van der Waals surface area contributed by atoms with E-state index in [0.29, 0.717) is 30.8 Å². The fourth-order valence-electron chi connectivity index (χ4n) is 3.54. The molecule has 1 aliphatic rings. The number of carbonyl (C=O) groups excluding carboxylic acids is 1. The van der Waals surface area contributed by atoms with Gasteiger partial charge in [-0.1, -0.05) is 38.7 Å². The molecule has 1 fully saturated rings. The first-order chi connectivity index (χ1) is 12.4. The van der Waals surface area contributed by atoms with Crippen LogP contribution in [0.15, 0.2) is 18.2 Å². The largest absolute Gasteiger partial charge is 0.493 e. The van der Waals surface area contributed by atoms with Crippen LogP contribution < -0.4 is 14.8 Å². The Kier molecular flexibility index (Phi) is 6.89. The zero-order valence-corrected chi connectivity index (χ0v) is 15.8. The summed E-state index contributed by atoms with van der Waals surface area (Å²) >= 11 is 0. The number of carboxylic acid groups (broad SMARTS) is 1. The summed E-state index contributed by atoms with van der Waals surface area (Å²) in [5.41, 5.74) is -0.185. The van der Waals surface area contributed by atoms with Gasteiger partial charge in [-0.25, -0.2) is 4.79 Å². The molecular weight excluding hydrogens is 334 g/mol. The number of hydrogen-bond acceptors (Lipinski definition) is 4. The second-order valence-electron chi connectivity index (χ2n) is 7.09. The molecule has 1 amide bonds. The molecule has 0 bridgehead atoms. The van der Waals surface area contributed by atoms with Crippen LogP contribution in [0.1, 0.15) is 51.0 Å². The maximum absolute atomic E-state index is 12.7. The smallest absolute Gasteiger partial charge is 0.329 e. The first-order valence-electron chi connectivity index (χ1n) is 9.18. The van der Waals surface area contributed by atoms with E-state index in [9.17, 15) is 14.7 Å². The minimum absolute atomic E-state index is 0.218. The molecule has 144 valence electrons. The van der Waals surface area contributed by atoms with Gasteiger partial charge in [-0.05, 0) is 37.0 Å². The van der Waals surface area contributed by atoms with Gasteiger partial charge in [0.05, 0.1) is 14.2 Å². The first kappa shape index (κ1) is 20.1. The number of ether oxygens (including phenoxy) is 2. The van der Waals surface area contributed by atoms with Gasteiger partial charge >= 0.3 is 5.97 Å². The van der Waals surface area contributed by atoms with Crippen molar-refractivity contribution < 1.29 is 24.2 Å². The van der Waals surface area contributed by atoms with Crippen LogP contribution in [0.4, 0.5) is 0 Å². The third kappa shape index (κ3) is 4.68. The molecule has 1 aromatic carbocycles. The lowest BCUT2D eigenvalue weighted by atomic mass is 9.89. The summed E-state index contributed by atoms with van der Waals surface area (Å²) in [6.07, 6.45) is 5.20. The summed E-state index contributed by atoms with van der Waals surface area (Å²) in [7, 11) is 3.14. The molecule has 0 aliphatic heterocycles. The van der Waals surface area contributed by atoms with Crippen LogP contribution in [0.2, 0.25) is 0 Å². The maximum atomic E-state index is 12.7. The predicted octanol–water partition coefficient (Wildman–Crippen LogP) is 3.18. The summed E-state index contributed by atoms with van der Waals surface area (Å²) in [5.74, 6) is -0.234. The lowest BCUT2D eigenvalue weighted by Crippen LogP contribution is -2.55. The molecular formula is C20H29NO5. The van der Waals surface area contributed by atoms with Crippen molar-refractivity contribution in [2.45, 2.75) is 57.4 Å². The van der Waals surface area contributed by atoms with Crippen molar-refractivity contribution in [2.75, 3.05) is 14.2 Å².